The van der Waals surface area contributed by atoms with E-state index in [1.807, 2.05) is 18.2 Å². The Hall–Kier alpha value is -1.50. The lowest BCUT2D eigenvalue weighted by molar-refractivity contribution is 0.174. The van der Waals surface area contributed by atoms with Crippen molar-refractivity contribution in [2.75, 3.05) is 12.1 Å². The third-order valence-corrected chi connectivity index (χ3v) is 3.74. The smallest absolute Gasteiger partial charge is 0.231 e. The van der Waals surface area contributed by atoms with E-state index in [0.29, 0.717) is 6.54 Å². The first-order valence-electron chi connectivity index (χ1n) is 5.80. The molecule has 98 valence electrons. The Morgan fingerprint density at radius 2 is 1.95 bits per heavy atom. The number of fused-ring (bicyclic) bond motifs is 1. The first-order chi connectivity index (χ1) is 9.22. The average Bonchev–Trinajstić information content (AvgIpc) is 2.85. The van der Waals surface area contributed by atoms with E-state index in [1.54, 1.807) is 6.07 Å². The van der Waals surface area contributed by atoms with Crippen LogP contribution in [0.5, 0.6) is 11.5 Å². The van der Waals surface area contributed by atoms with Gasteiger partial charge >= 0.3 is 0 Å². The Kier molecular flexibility index (Phi) is 3.46. The van der Waals surface area contributed by atoms with Crippen molar-refractivity contribution in [3.05, 3.63) is 51.3 Å². The standard InChI is InChI=1S/C14H11FINO2/c15-10-2-3-12(11(16)6-10)17-7-9-1-4-13-14(5-9)19-8-18-13/h1-6,17H,7-8H2. The summed E-state index contributed by atoms with van der Waals surface area (Å²) >= 11 is 2.11. The van der Waals surface area contributed by atoms with Crippen molar-refractivity contribution in [2.45, 2.75) is 6.54 Å². The Balaban J connectivity index is 1.72. The van der Waals surface area contributed by atoms with Crippen LogP contribution in [0.3, 0.4) is 0 Å². The van der Waals surface area contributed by atoms with Crippen LogP contribution in [0.1, 0.15) is 5.56 Å². The fourth-order valence-corrected chi connectivity index (χ4v) is 2.55. The van der Waals surface area contributed by atoms with Gasteiger partial charge in [-0.3, -0.25) is 0 Å². The van der Waals surface area contributed by atoms with Gasteiger partial charge in [-0.15, -0.1) is 0 Å². The topological polar surface area (TPSA) is 30.5 Å². The second kappa shape index (κ2) is 5.24. The van der Waals surface area contributed by atoms with Crippen LogP contribution in [-0.2, 0) is 6.54 Å². The second-order valence-corrected chi connectivity index (χ2v) is 5.33. The zero-order valence-corrected chi connectivity index (χ0v) is 12.1. The molecular formula is C14H11FINO2. The molecule has 5 heteroatoms. The lowest BCUT2D eigenvalue weighted by atomic mass is 10.2. The molecule has 1 aliphatic heterocycles. The predicted octanol–water partition coefficient (Wildman–Crippen LogP) is 3.77. The molecule has 0 aromatic heterocycles. The van der Waals surface area contributed by atoms with Crippen molar-refractivity contribution in [3.8, 4) is 11.5 Å². The molecule has 0 fully saturated rings. The van der Waals surface area contributed by atoms with E-state index in [1.165, 1.54) is 12.1 Å². The van der Waals surface area contributed by atoms with Crippen molar-refractivity contribution >= 4 is 28.3 Å². The summed E-state index contributed by atoms with van der Waals surface area (Å²) in [6.45, 7) is 0.931. The lowest BCUT2D eigenvalue weighted by Gasteiger charge is -2.09. The number of hydrogen-bond acceptors (Lipinski definition) is 3. The molecule has 0 spiro atoms. The maximum atomic E-state index is 13.0. The fraction of sp³-hybridized carbons (Fsp3) is 0.143. The molecule has 0 atom stereocenters. The SMILES string of the molecule is Fc1ccc(NCc2ccc3c(c2)OCO3)c(I)c1. The van der Waals surface area contributed by atoms with Gasteiger partial charge in [0.2, 0.25) is 6.79 Å². The van der Waals surface area contributed by atoms with Crippen LogP contribution < -0.4 is 14.8 Å². The molecule has 0 amide bonds. The van der Waals surface area contributed by atoms with Crippen molar-refractivity contribution in [2.24, 2.45) is 0 Å². The van der Waals surface area contributed by atoms with Crippen LogP contribution in [0.2, 0.25) is 0 Å². The molecule has 1 N–H and O–H groups in total. The molecule has 1 heterocycles. The van der Waals surface area contributed by atoms with Crippen LogP contribution >= 0.6 is 22.6 Å². The molecular weight excluding hydrogens is 360 g/mol. The normalized spacial score (nSPS) is 12.5. The number of nitrogens with one attached hydrogen (secondary N) is 1. The van der Waals surface area contributed by atoms with Crippen LogP contribution in [-0.4, -0.2) is 6.79 Å². The highest BCUT2D eigenvalue weighted by Gasteiger charge is 2.13. The summed E-state index contributed by atoms with van der Waals surface area (Å²) in [4.78, 5) is 0. The summed E-state index contributed by atoms with van der Waals surface area (Å²) in [5.41, 5.74) is 2.00. The van der Waals surface area contributed by atoms with Gasteiger partial charge in [-0.1, -0.05) is 6.07 Å². The third-order valence-electron chi connectivity index (χ3n) is 2.85. The number of benzene rings is 2. The van der Waals surface area contributed by atoms with Gasteiger partial charge in [-0.05, 0) is 58.5 Å². The fourth-order valence-electron chi connectivity index (χ4n) is 1.88. The summed E-state index contributed by atoms with van der Waals surface area (Å²) in [6, 6.07) is 10.5. The molecule has 0 bridgehead atoms. The minimum Gasteiger partial charge on any atom is -0.454 e. The second-order valence-electron chi connectivity index (χ2n) is 4.17. The lowest BCUT2D eigenvalue weighted by Crippen LogP contribution is -2.01. The van der Waals surface area contributed by atoms with Gasteiger partial charge in [0.25, 0.3) is 0 Å². The maximum absolute atomic E-state index is 13.0. The maximum Gasteiger partial charge on any atom is 0.231 e. The number of ether oxygens (including phenoxy) is 2. The number of hydrogen-bond donors (Lipinski definition) is 1. The van der Waals surface area contributed by atoms with Crippen LogP contribution in [0, 0.1) is 9.39 Å². The Morgan fingerprint density at radius 3 is 2.79 bits per heavy atom. The van der Waals surface area contributed by atoms with Gasteiger partial charge in [-0.25, -0.2) is 4.39 Å². The van der Waals surface area contributed by atoms with Gasteiger partial charge < -0.3 is 14.8 Å². The van der Waals surface area contributed by atoms with Crippen LogP contribution in [0.15, 0.2) is 36.4 Å². The van der Waals surface area contributed by atoms with E-state index >= 15 is 0 Å². The van der Waals surface area contributed by atoms with E-state index in [2.05, 4.69) is 27.9 Å². The Labute approximate surface area is 123 Å². The first kappa shape index (κ1) is 12.5. The quantitative estimate of drug-likeness (QED) is 0.834. The molecule has 0 aliphatic carbocycles. The van der Waals surface area contributed by atoms with Gasteiger partial charge in [0.1, 0.15) is 5.82 Å². The number of rotatable bonds is 3. The van der Waals surface area contributed by atoms with E-state index < -0.39 is 0 Å². The van der Waals surface area contributed by atoms with E-state index in [0.717, 1.165) is 26.3 Å². The minimum absolute atomic E-state index is 0.224. The summed E-state index contributed by atoms with van der Waals surface area (Å²) in [6.07, 6.45) is 0. The molecule has 0 saturated heterocycles. The highest BCUT2D eigenvalue weighted by molar-refractivity contribution is 14.1. The first-order valence-corrected chi connectivity index (χ1v) is 6.88. The highest BCUT2D eigenvalue weighted by Crippen LogP contribution is 2.32. The molecule has 3 nitrogen and oxygen atoms in total. The summed E-state index contributed by atoms with van der Waals surface area (Å²) in [7, 11) is 0. The number of halogens is 2. The Bertz CT molecular complexity index is 618. The minimum atomic E-state index is -0.224. The summed E-state index contributed by atoms with van der Waals surface area (Å²) in [5, 5.41) is 3.28. The zero-order chi connectivity index (χ0) is 13.2. The molecule has 0 saturated carbocycles. The number of anilines is 1. The van der Waals surface area contributed by atoms with E-state index in [-0.39, 0.29) is 12.6 Å². The zero-order valence-electron chi connectivity index (χ0n) is 9.95. The monoisotopic (exact) mass is 371 g/mol. The molecule has 19 heavy (non-hydrogen) atoms. The molecule has 3 rings (SSSR count). The highest BCUT2D eigenvalue weighted by atomic mass is 127. The molecule has 2 aromatic carbocycles. The van der Waals surface area contributed by atoms with Crippen molar-refractivity contribution in [3.63, 3.8) is 0 Å². The average molecular weight is 371 g/mol. The van der Waals surface area contributed by atoms with E-state index in [9.17, 15) is 4.39 Å². The molecule has 0 unspecified atom stereocenters. The van der Waals surface area contributed by atoms with Crippen molar-refractivity contribution in [1.29, 1.82) is 0 Å². The largest absolute Gasteiger partial charge is 0.454 e. The third kappa shape index (κ3) is 2.75. The van der Waals surface area contributed by atoms with Gasteiger partial charge in [0.15, 0.2) is 11.5 Å². The molecule has 2 aromatic rings. The van der Waals surface area contributed by atoms with Crippen LogP contribution in [0.4, 0.5) is 10.1 Å². The summed E-state index contributed by atoms with van der Waals surface area (Å²) in [5.74, 6) is 1.33. The Morgan fingerprint density at radius 1 is 1.11 bits per heavy atom. The van der Waals surface area contributed by atoms with Crippen molar-refractivity contribution < 1.29 is 13.9 Å². The van der Waals surface area contributed by atoms with Crippen molar-refractivity contribution in [1.82, 2.24) is 0 Å². The van der Waals surface area contributed by atoms with E-state index in [4.69, 9.17) is 9.47 Å². The van der Waals surface area contributed by atoms with Gasteiger partial charge in [-0.2, -0.15) is 0 Å². The van der Waals surface area contributed by atoms with Crippen LogP contribution in [0.25, 0.3) is 0 Å². The summed E-state index contributed by atoms with van der Waals surface area (Å²) < 4.78 is 24.4. The van der Waals surface area contributed by atoms with Gasteiger partial charge in [0.05, 0.1) is 0 Å². The molecule has 0 radical (unpaired) electrons. The van der Waals surface area contributed by atoms with Gasteiger partial charge in [0, 0.05) is 15.8 Å². The molecule has 1 aliphatic rings. The predicted molar refractivity (Wildman–Crippen MR) is 79.0 cm³/mol.